The van der Waals surface area contributed by atoms with Crippen molar-refractivity contribution in [1.29, 1.82) is 0 Å². The molecule has 1 fully saturated rings. The first-order chi connectivity index (χ1) is 13.4. The topological polar surface area (TPSA) is 91.1 Å². The number of likely N-dealkylation sites (N-methyl/N-ethyl adjacent to an activating group) is 2. The lowest BCUT2D eigenvalue weighted by molar-refractivity contribution is -0.384. The number of carbonyl (C=O) groups is 1. The van der Waals surface area contributed by atoms with E-state index in [-0.39, 0.29) is 18.1 Å². The number of non-ortho nitro benzene ring substituents is 1. The molecule has 0 heterocycles. The van der Waals surface area contributed by atoms with Gasteiger partial charge in [-0.2, -0.15) is 0 Å². The summed E-state index contributed by atoms with van der Waals surface area (Å²) < 4.78 is 0. The van der Waals surface area contributed by atoms with E-state index in [2.05, 4.69) is 10.3 Å². The summed E-state index contributed by atoms with van der Waals surface area (Å²) in [6, 6.07) is 6.79. The standard InChI is InChI=1S/C20H31N5O3/c1-4-24(5-2)19(26)15-23(3)20(22-17-8-6-7-9-17)21-14-16-10-12-18(13-11-16)25(27)28/h10-13,17H,4-9,14-15H2,1-3H3,(H,21,22). The van der Waals surface area contributed by atoms with Gasteiger partial charge in [0.2, 0.25) is 5.91 Å². The maximum absolute atomic E-state index is 12.5. The van der Waals surface area contributed by atoms with Crippen molar-refractivity contribution in [3.63, 3.8) is 0 Å². The molecule has 1 aromatic carbocycles. The van der Waals surface area contributed by atoms with Crippen molar-refractivity contribution in [3.05, 3.63) is 39.9 Å². The van der Waals surface area contributed by atoms with E-state index in [1.165, 1.54) is 25.0 Å². The Balaban J connectivity index is 2.09. The van der Waals surface area contributed by atoms with Crippen LogP contribution in [-0.4, -0.2) is 59.3 Å². The van der Waals surface area contributed by atoms with Crippen LogP contribution in [0.15, 0.2) is 29.3 Å². The Labute approximate surface area is 166 Å². The number of hydrogen-bond donors (Lipinski definition) is 1. The molecule has 1 aliphatic rings. The predicted molar refractivity (Wildman–Crippen MR) is 110 cm³/mol. The summed E-state index contributed by atoms with van der Waals surface area (Å²) >= 11 is 0. The zero-order valence-corrected chi connectivity index (χ0v) is 17.1. The van der Waals surface area contributed by atoms with Gasteiger partial charge in [-0.3, -0.25) is 14.9 Å². The number of amides is 1. The van der Waals surface area contributed by atoms with E-state index in [0.29, 0.717) is 31.6 Å². The molecule has 1 amide bonds. The third-order valence-corrected chi connectivity index (χ3v) is 5.10. The van der Waals surface area contributed by atoms with Crippen LogP contribution in [0.4, 0.5) is 5.69 Å². The van der Waals surface area contributed by atoms with Crippen LogP contribution < -0.4 is 5.32 Å². The number of benzene rings is 1. The lowest BCUT2D eigenvalue weighted by Crippen LogP contribution is -2.48. The Morgan fingerprint density at radius 1 is 1.21 bits per heavy atom. The van der Waals surface area contributed by atoms with Crippen molar-refractivity contribution in [1.82, 2.24) is 15.1 Å². The van der Waals surface area contributed by atoms with Crippen molar-refractivity contribution in [2.24, 2.45) is 4.99 Å². The smallest absolute Gasteiger partial charge is 0.269 e. The highest BCUT2D eigenvalue weighted by molar-refractivity contribution is 5.86. The van der Waals surface area contributed by atoms with Gasteiger partial charge < -0.3 is 15.1 Å². The number of nitro benzene ring substituents is 1. The van der Waals surface area contributed by atoms with Crippen LogP contribution in [0.2, 0.25) is 0 Å². The molecule has 0 saturated heterocycles. The van der Waals surface area contributed by atoms with E-state index >= 15 is 0 Å². The van der Waals surface area contributed by atoms with Crippen LogP contribution in [0.3, 0.4) is 0 Å². The van der Waals surface area contributed by atoms with E-state index in [4.69, 9.17) is 0 Å². The number of rotatable bonds is 8. The fourth-order valence-corrected chi connectivity index (χ4v) is 3.37. The highest BCUT2D eigenvalue weighted by atomic mass is 16.6. The molecule has 0 unspecified atom stereocenters. The van der Waals surface area contributed by atoms with Crippen molar-refractivity contribution in [2.75, 3.05) is 26.7 Å². The van der Waals surface area contributed by atoms with E-state index in [9.17, 15) is 14.9 Å². The Morgan fingerprint density at radius 2 is 1.82 bits per heavy atom. The molecule has 1 saturated carbocycles. The molecule has 28 heavy (non-hydrogen) atoms. The summed E-state index contributed by atoms with van der Waals surface area (Å²) in [5.74, 6) is 0.773. The number of nitro groups is 1. The van der Waals surface area contributed by atoms with Gasteiger partial charge in [0.05, 0.1) is 18.0 Å². The number of hydrogen-bond acceptors (Lipinski definition) is 4. The van der Waals surface area contributed by atoms with Crippen LogP contribution in [0, 0.1) is 10.1 Å². The maximum Gasteiger partial charge on any atom is 0.269 e. The Hall–Kier alpha value is -2.64. The van der Waals surface area contributed by atoms with Crippen LogP contribution in [-0.2, 0) is 11.3 Å². The Bertz CT molecular complexity index is 680. The third kappa shape index (κ3) is 6.21. The quantitative estimate of drug-likeness (QED) is 0.319. The molecule has 0 aliphatic heterocycles. The van der Waals surface area contributed by atoms with Crippen LogP contribution in [0.1, 0.15) is 45.1 Å². The summed E-state index contributed by atoms with van der Waals surface area (Å²) in [4.78, 5) is 31.2. The molecular weight excluding hydrogens is 358 g/mol. The maximum atomic E-state index is 12.5. The van der Waals surface area contributed by atoms with Crippen LogP contribution in [0.5, 0.6) is 0 Å². The minimum Gasteiger partial charge on any atom is -0.353 e. The van der Waals surface area contributed by atoms with Gasteiger partial charge in [0.15, 0.2) is 5.96 Å². The van der Waals surface area contributed by atoms with Crippen molar-refractivity contribution < 1.29 is 9.72 Å². The summed E-state index contributed by atoms with van der Waals surface area (Å²) in [6.45, 7) is 5.99. The Morgan fingerprint density at radius 3 is 2.36 bits per heavy atom. The SMILES string of the molecule is CCN(CC)C(=O)CN(C)C(=NCc1ccc([N+](=O)[O-])cc1)NC1CCCC1. The van der Waals surface area contributed by atoms with E-state index in [0.717, 1.165) is 18.4 Å². The van der Waals surface area contributed by atoms with Crippen molar-refractivity contribution >= 4 is 17.6 Å². The van der Waals surface area contributed by atoms with Gasteiger partial charge >= 0.3 is 0 Å². The van der Waals surface area contributed by atoms with Crippen molar-refractivity contribution in [2.45, 2.75) is 52.1 Å². The molecule has 0 aromatic heterocycles. The fourth-order valence-electron chi connectivity index (χ4n) is 3.37. The van der Waals surface area contributed by atoms with Gasteiger partial charge in [-0.1, -0.05) is 25.0 Å². The number of guanidine groups is 1. The molecule has 1 aromatic rings. The molecule has 2 rings (SSSR count). The van der Waals surface area contributed by atoms with Gasteiger partial charge in [0.25, 0.3) is 5.69 Å². The molecule has 0 radical (unpaired) electrons. The normalized spacial score (nSPS) is 14.8. The second kappa shape index (κ2) is 10.6. The summed E-state index contributed by atoms with van der Waals surface area (Å²) in [5, 5.41) is 14.3. The average Bonchev–Trinajstić information content (AvgIpc) is 3.19. The second-order valence-electron chi connectivity index (χ2n) is 7.11. The molecule has 0 bridgehead atoms. The predicted octanol–water partition coefficient (Wildman–Crippen LogP) is 2.78. The van der Waals surface area contributed by atoms with E-state index in [1.54, 1.807) is 17.0 Å². The average molecular weight is 390 g/mol. The largest absolute Gasteiger partial charge is 0.353 e. The van der Waals surface area contributed by atoms with E-state index in [1.807, 2.05) is 25.8 Å². The monoisotopic (exact) mass is 389 g/mol. The summed E-state index contributed by atoms with van der Waals surface area (Å²) in [5.41, 5.74) is 0.957. The van der Waals surface area contributed by atoms with Gasteiger partial charge in [-0.05, 0) is 32.3 Å². The molecule has 0 atom stereocenters. The minimum atomic E-state index is -0.410. The molecule has 8 nitrogen and oxygen atoms in total. The molecule has 1 aliphatic carbocycles. The van der Waals surface area contributed by atoms with E-state index < -0.39 is 4.92 Å². The highest BCUT2D eigenvalue weighted by Crippen LogP contribution is 2.18. The molecule has 1 N–H and O–H groups in total. The Kier molecular flexibility index (Phi) is 8.22. The van der Waals surface area contributed by atoms with Crippen molar-refractivity contribution in [3.8, 4) is 0 Å². The third-order valence-electron chi connectivity index (χ3n) is 5.10. The van der Waals surface area contributed by atoms with Gasteiger partial charge in [-0.15, -0.1) is 0 Å². The van der Waals surface area contributed by atoms with Crippen LogP contribution in [0.25, 0.3) is 0 Å². The van der Waals surface area contributed by atoms with Crippen LogP contribution >= 0.6 is 0 Å². The summed E-state index contributed by atoms with van der Waals surface area (Å²) in [6.07, 6.45) is 4.62. The number of aliphatic imine (C=N–C) groups is 1. The number of nitrogens with zero attached hydrogens (tertiary/aromatic N) is 4. The lowest BCUT2D eigenvalue weighted by Gasteiger charge is -2.27. The first kappa shape index (κ1) is 21.7. The highest BCUT2D eigenvalue weighted by Gasteiger charge is 2.20. The van der Waals surface area contributed by atoms with Gasteiger partial charge in [0, 0.05) is 38.3 Å². The number of nitrogens with one attached hydrogen (secondary N) is 1. The number of carbonyl (C=O) groups excluding carboxylic acids is 1. The molecule has 154 valence electrons. The van der Waals surface area contributed by atoms with Gasteiger partial charge in [0.1, 0.15) is 0 Å². The molecule has 0 spiro atoms. The molecule has 8 heteroatoms. The fraction of sp³-hybridized carbons (Fsp3) is 0.600. The molecular formula is C20H31N5O3. The first-order valence-corrected chi connectivity index (χ1v) is 9.97. The summed E-state index contributed by atoms with van der Waals surface area (Å²) in [7, 11) is 1.87. The zero-order chi connectivity index (χ0) is 20.5. The van der Waals surface area contributed by atoms with Gasteiger partial charge in [-0.25, -0.2) is 4.99 Å². The minimum absolute atomic E-state index is 0.0685. The lowest BCUT2D eigenvalue weighted by atomic mass is 10.2. The second-order valence-corrected chi connectivity index (χ2v) is 7.11. The first-order valence-electron chi connectivity index (χ1n) is 9.97. The zero-order valence-electron chi connectivity index (χ0n) is 17.1.